The quantitative estimate of drug-likeness (QED) is 0.403. The van der Waals surface area contributed by atoms with Crippen LogP contribution in [-0.2, 0) is 4.79 Å². The van der Waals surface area contributed by atoms with Crippen LogP contribution in [0.4, 0.5) is 5.69 Å². The molecule has 4 aromatic carbocycles. The largest absolute Gasteiger partial charge is 0.457 e. The summed E-state index contributed by atoms with van der Waals surface area (Å²) in [6.07, 6.45) is 0. The lowest BCUT2D eigenvalue weighted by molar-refractivity contribution is -0.116. The molecule has 0 aliphatic rings. The zero-order valence-electron chi connectivity index (χ0n) is 16.8. The average molecular weight is 393 g/mol. The normalized spacial score (nSPS) is 10.6. The van der Waals surface area contributed by atoms with Crippen LogP contribution in [0.5, 0.6) is 11.5 Å². The molecule has 1 amide bonds. The fraction of sp³-hybridized carbons (Fsp3) is 0.0741. The van der Waals surface area contributed by atoms with Gasteiger partial charge in [0.1, 0.15) is 11.5 Å². The molecule has 4 rings (SSSR count). The number of nitrogens with one attached hydrogen (secondary N) is 1. The van der Waals surface area contributed by atoms with E-state index in [4.69, 9.17) is 4.74 Å². The Labute approximate surface area is 177 Å². The number of rotatable bonds is 6. The molecular formula is C27H23NO2. The van der Waals surface area contributed by atoms with E-state index in [0.29, 0.717) is 0 Å². The Hall–Kier alpha value is -3.85. The molecule has 30 heavy (non-hydrogen) atoms. The van der Waals surface area contributed by atoms with Crippen molar-refractivity contribution < 1.29 is 9.53 Å². The van der Waals surface area contributed by atoms with E-state index >= 15 is 0 Å². The van der Waals surface area contributed by atoms with Crippen LogP contribution in [-0.4, -0.2) is 5.91 Å². The highest BCUT2D eigenvalue weighted by Crippen LogP contribution is 2.28. The highest BCUT2D eigenvalue weighted by molar-refractivity contribution is 5.98. The van der Waals surface area contributed by atoms with E-state index < -0.39 is 0 Å². The number of amides is 1. The van der Waals surface area contributed by atoms with Gasteiger partial charge in [0.05, 0.1) is 5.92 Å². The summed E-state index contributed by atoms with van der Waals surface area (Å²) in [5.41, 5.74) is 3.79. The van der Waals surface area contributed by atoms with Crippen molar-refractivity contribution in [1.29, 1.82) is 0 Å². The van der Waals surface area contributed by atoms with E-state index in [1.807, 2.05) is 116 Å². The number of hydrogen-bond acceptors (Lipinski definition) is 2. The maximum atomic E-state index is 13.2. The van der Waals surface area contributed by atoms with Gasteiger partial charge in [-0.15, -0.1) is 0 Å². The highest BCUT2D eigenvalue weighted by Gasteiger charge is 2.22. The molecule has 0 aromatic heterocycles. The molecule has 3 nitrogen and oxygen atoms in total. The Bertz CT molecular complexity index is 1070. The minimum atomic E-state index is -0.379. The van der Waals surface area contributed by atoms with Crippen LogP contribution in [0.2, 0.25) is 0 Å². The maximum absolute atomic E-state index is 13.2. The van der Waals surface area contributed by atoms with E-state index in [1.54, 1.807) is 0 Å². The van der Waals surface area contributed by atoms with Crippen LogP contribution in [0.3, 0.4) is 0 Å². The zero-order valence-corrected chi connectivity index (χ0v) is 16.8. The van der Waals surface area contributed by atoms with Crippen molar-refractivity contribution in [3.05, 3.63) is 126 Å². The summed E-state index contributed by atoms with van der Waals surface area (Å²) in [5.74, 6) is 1.07. The first kappa shape index (κ1) is 19.5. The van der Waals surface area contributed by atoms with Crippen molar-refractivity contribution in [2.75, 3.05) is 5.32 Å². The smallest absolute Gasteiger partial charge is 0.236 e. The van der Waals surface area contributed by atoms with Crippen molar-refractivity contribution in [2.45, 2.75) is 12.8 Å². The van der Waals surface area contributed by atoms with Crippen molar-refractivity contribution in [1.82, 2.24) is 0 Å². The van der Waals surface area contributed by atoms with Gasteiger partial charge >= 0.3 is 0 Å². The summed E-state index contributed by atoms with van der Waals surface area (Å²) in [5, 5.41) is 3.04. The van der Waals surface area contributed by atoms with Gasteiger partial charge in [0.25, 0.3) is 0 Å². The van der Waals surface area contributed by atoms with Crippen molar-refractivity contribution in [3.63, 3.8) is 0 Å². The Morgan fingerprint density at radius 3 is 1.87 bits per heavy atom. The van der Waals surface area contributed by atoms with Gasteiger partial charge in [-0.3, -0.25) is 4.79 Å². The number of aryl methyl sites for hydroxylation is 1. The Morgan fingerprint density at radius 2 is 1.30 bits per heavy atom. The van der Waals surface area contributed by atoms with Crippen LogP contribution < -0.4 is 10.1 Å². The number of carbonyl (C=O) groups excluding carboxylic acids is 1. The van der Waals surface area contributed by atoms with Crippen LogP contribution >= 0.6 is 0 Å². The van der Waals surface area contributed by atoms with Crippen molar-refractivity contribution in [3.8, 4) is 11.5 Å². The molecule has 0 saturated heterocycles. The lowest BCUT2D eigenvalue weighted by Gasteiger charge is -2.18. The van der Waals surface area contributed by atoms with Gasteiger partial charge in [0, 0.05) is 5.69 Å². The number of ether oxygens (including phenoxy) is 1. The van der Waals surface area contributed by atoms with Gasteiger partial charge in [0.2, 0.25) is 5.91 Å². The Balaban J connectivity index is 1.51. The van der Waals surface area contributed by atoms with Crippen molar-refractivity contribution >= 4 is 11.6 Å². The molecule has 1 N–H and O–H groups in total. The van der Waals surface area contributed by atoms with E-state index in [2.05, 4.69) is 5.32 Å². The molecule has 0 aliphatic heterocycles. The summed E-state index contributed by atoms with van der Waals surface area (Å²) in [6.45, 7) is 2.03. The van der Waals surface area contributed by atoms with Crippen molar-refractivity contribution in [2.24, 2.45) is 0 Å². The van der Waals surface area contributed by atoms with E-state index in [9.17, 15) is 4.79 Å². The van der Waals surface area contributed by atoms with Gasteiger partial charge in [-0.1, -0.05) is 72.8 Å². The first-order chi connectivity index (χ1) is 14.7. The molecular weight excluding hydrogens is 370 g/mol. The number of carbonyl (C=O) groups is 1. The second-order valence-electron chi connectivity index (χ2n) is 7.19. The molecule has 0 aliphatic carbocycles. The first-order valence-electron chi connectivity index (χ1n) is 9.94. The number of anilines is 1. The fourth-order valence-corrected chi connectivity index (χ4v) is 3.42. The standard InChI is InChI=1S/C27H23NO2/c1-20-9-8-14-25(19-20)30-24-17-15-23(16-18-24)28-27(29)26(21-10-4-2-5-11-21)22-12-6-3-7-13-22/h2-19,26H,1H3,(H,28,29). The SMILES string of the molecule is Cc1cccc(Oc2ccc(NC(=O)C(c3ccccc3)c3ccccc3)cc2)c1. The van der Waals surface area contributed by atoms with Gasteiger partial charge in [0.15, 0.2) is 0 Å². The molecule has 0 saturated carbocycles. The monoisotopic (exact) mass is 393 g/mol. The molecule has 0 atom stereocenters. The van der Waals surface area contributed by atoms with Gasteiger partial charge in [-0.25, -0.2) is 0 Å². The predicted octanol–water partition coefficient (Wildman–Crippen LogP) is 6.56. The third kappa shape index (κ3) is 4.76. The lowest BCUT2D eigenvalue weighted by Crippen LogP contribution is -2.22. The summed E-state index contributed by atoms with van der Waals surface area (Å²) < 4.78 is 5.89. The number of benzene rings is 4. The molecule has 0 radical (unpaired) electrons. The zero-order chi connectivity index (χ0) is 20.8. The molecule has 4 aromatic rings. The molecule has 0 fully saturated rings. The third-order valence-corrected chi connectivity index (χ3v) is 4.88. The van der Waals surface area contributed by atoms with E-state index in [-0.39, 0.29) is 11.8 Å². The predicted molar refractivity (Wildman–Crippen MR) is 121 cm³/mol. The molecule has 0 bridgehead atoms. The molecule has 0 heterocycles. The van der Waals surface area contributed by atoms with Crippen LogP contribution in [0.15, 0.2) is 109 Å². The van der Waals surface area contributed by atoms with Crippen LogP contribution in [0.1, 0.15) is 22.6 Å². The summed E-state index contributed by atoms with van der Waals surface area (Å²) >= 11 is 0. The minimum absolute atomic E-state index is 0.0697. The Morgan fingerprint density at radius 1 is 0.700 bits per heavy atom. The molecule has 148 valence electrons. The Kier molecular flexibility index (Phi) is 5.90. The topological polar surface area (TPSA) is 38.3 Å². The second-order valence-corrected chi connectivity index (χ2v) is 7.19. The summed E-state index contributed by atoms with van der Waals surface area (Å²) in [6, 6.07) is 35.0. The first-order valence-corrected chi connectivity index (χ1v) is 9.94. The third-order valence-electron chi connectivity index (χ3n) is 4.88. The summed E-state index contributed by atoms with van der Waals surface area (Å²) in [4.78, 5) is 13.2. The lowest BCUT2D eigenvalue weighted by atomic mass is 9.90. The minimum Gasteiger partial charge on any atom is -0.457 e. The molecule has 3 heteroatoms. The average Bonchev–Trinajstić information content (AvgIpc) is 2.77. The van der Waals surface area contributed by atoms with Crippen LogP contribution in [0, 0.1) is 6.92 Å². The molecule has 0 spiro atoms. The van der Waals surface area contributed by atoms with E-state index in [0.717, 1.165) is 33.9 Å². The second kappa shape index (κ2) is 9.10. The van der Waals surface area contributed by atoms with E-state index in [1.165, 1.54) is 0 Å². The molecule has 0 unspecified atom stereocenters. The highest BCUT2D eigenvalue weighted by atomic mass is 16.5. The maximum Gasteiger partial charge on any atom is 0.236 e. The fourth-order valence-electron chi connectivity index (χ4n) is 3.42. The van der Waals surface area contributed by atoms with Gasteiger partial charge in [-0.05, 0) is 60.0 Å². The van der Waals surface area contributed by atoms with Crippen LogP contribution in [0.25, 0.3) is 0 Å². The number of hydrogen-bond donors (Lipinski definition) is 1. The van der Waals surface area contributed by atoms with Gasteiger partial charge < -0.3 is 10.1 Å². The van der Waals surface area contributed by atoms with Gasteiger partial charge in [-0.2, -0.15) is 0 Å². The summed E-state index contributed by atoms with van der Waals surface area (Å²) in [7, 11) is 0.